The summed E-state index contributed by atoms with van der Waals surface area (Å²) < 4.78 is 37.1. The highest BCUT2D eigenvalue weighted by atomic mass is 19.4. The second-order valence-electron chi connectivity index (χ2n) is 5.28. The standard InChI is InChI=1S/C15H15F3N4O2/c1-8-3-4-10(7-9(8)2)11(23)5-6-12(24)19-14-20-13(21-22-14)15(16,17)18/h3-4,7H,5-6H2,1-2H3,(H2,19,20,21,22,24). The molecule has 0 aliphatic carbocycles. The first-order valence-electron chi connectivity index (χ1n) is 7.06. The zero-order valence-corrected chi connectivity index (χ0v) is 13.0. The number of aryl methyl sites for hydroxylation is 2. The first-order chi connectivity index (χ1) is 11.2. The Hall–Kier alpha value is -2.71. The van der Waals surface area contributed by atoms with Crippen molar-refractivity contribution in [1.82, 2.24) is 15.2 Å². The summed E-state index contributed by atoms with van der Waals surface area (Å²) >= 11 is 0. The number of amides is 1. The Morgan fingerprint density at radius 2 is 1.88 bits per heavy atom. The number of nitrogens with one attached hydrogen (secondary N) is 2. The van der Waals surface area contributed by atoms with Crippen molar-refractivity contribution < 1.29 is 22.8 Å². The van der Waals surface area contributed by atoms with Crippen LogP contribution in [0.3, 0.4) is 0 Å². The number of nitrogens with zero attached hydrogens (tertiary/aromatic N) is 2. The molecule has 0 saturated carbocycles. The molecule has 0 unspecified atom stereocenters. The van der Waals surface area contributed by atoms with Gasteiger partial charge in [-0.15, -0.1) is 5.10 Å². The molecule has 0 spiro atoms. The normalized spacial score (nSPS) is 11.4. The molecule has 0 radical (unpaired) electrons. The van der Waals surface area contributed by atoms with E-state index < -0.39 is 23.9 Å². The second kappa shape index (κ2) is 6.81. The molecule has 128 valence electrons. The lowest BCUT2D eigenvalue weighted by Gasteiger charge is -2.05. The molecule has 9 heteroatoms. The largest absolute Gasteiger partial charge is 0.451 e. The average Bonchev–Trinajstić information content (AvgIpc) is 2.96. The van der Waals surface area contributed by atoms with E-state index in [0.29, 0.717) is 5.56 Å². The van der Waals surface area contributed by atoms with E-state index in [1.807, 2.05) is 19.9 Å². The van der Waals surface area contributed by atoms with Crippen molar-refractivity contribution in [3.63, 3.8) is 0 Å². The molecule has 0 saturated heterocycles. The molecule has 2 aromatic rings. The van der Waals surface area contributed by atoms with Crippen LogP contribution >= 0.6 is 0 Å². The quantitative estimate of drug-likeness (QED) is 0.819. The van der Waals surface area contributed by atoms with Crippen molar-refractivity contribution in [3.05, 3.63) is 40.7 Å². The minimum absolute atomic E-state index is 0.0646. The van der Waals surface area contributed by atoms with Crippen molar-refractivity contribution >= 4 is 17.6 Å². The zero-order valence-electron chi connectivity index (χ0n) is 13.0. The summed E-state index contributed by atoms with van der Waals surface area (Å²) in [4.78, 5) is 26.8. The molecule has 2 rings (SSSR count). The second-order valence-corrected chi connectivity index (χ2v) is 5.28. The van der Waals surface area contributed by atoms with Crippen LogP contribution in [0.4, 0.5) is 19.1 Å². The number of H-pyrrole nitrogens is 1. The van der Waals surface area contributed by atoms with Crippen molar-refractivity contribution in [2.45, 2.75) is 32.9 Å². The van der Waals surface area contributed by atoms with Gasteiger partial charge in [0.1, 0.15) is 0 Å². The van der Waals surface area contributed by atoms with Crippen molar-refractivity contribution in [3.8, 4) is 0 Å². The van der Waals surface area contributed by atoms with E-state index in [2.05, 4.69) is 15.4 Å². The lowest BCUT2D eigenvalue weighted by atomic mass is 10.0. The fourth-order valence-corrected chi connectivity index (χ4v) is 1.92. The molecule has 6 nitrogen and oxygen atoms in total. The number of Topliss-reactive ketones (excluding diaryl/α,β-unsaturated/α-hetero) is 1. The average molecular weight is 340 g/mol. The molecule has 2 N–H and O–H groups in total. The fraction of sp³-hybridized carbons (Fsp3) is 0.333. The number of aromatic amines is 1. The van der Waals surface area contributed by atoms with Gasteiger partial charge in [-0.25, -0.2) is 0 Å². The molecule has 24 heavy (non-hydrogen) atoms. The van der Waals surface area contributed by atoms with Crippen molar-refractivity contribution in [2.24, 2.45) is 0 Å². The van der Waals surface area contributed by atoms with Crippen LogP contribution in [0.2, 0.25) is 0 Å². The Balaban J connectivity index is 1.89. The third-order valence-electron chi connectivity index (χ3n) is 3.41. The molecule has 0 atom stereocenters. The lowest BCUT2D eigenvalue weighted by Crippen LogP contribution is -2.15. The topological polar surface area (TPSA) is 87.7 Å². The van der Waals surface area contributed by atoms with E-state index in [1.165, 1.54) is 0 Å². The number of benzene rings is 1. The van der Waals surface area contributed by atoms with E-state index in [9.17, 15) is 22.8 Å². The third-order valence-corrected chi connectivity index (χ3v) is 3.41. The molecule has 1 aromatic heterocycles. The third kappa shape index (κ3) is 4.40. The van der Waals surface area contributed by atoms with Gasteiger partial charge in [0.25, 0.3) is 0 Å². The number of halogens is 3. The first-order valence-corrected chi connectivity index (χ1v) is 7.06. The van der Waals surface area contributed by atoms with E-state index in [0.717, 1.165) is 11.1 Å². The highest BCUT2D eigenvalue weighted by molar-refractivity contribution is 5.99. The van der Waals surface area contributed by atoms with Gasteiger partial charge in [-0.05, 0) is 31.0 Å². The van der Waals surface area contributed by atoms with Gasteiger partial charge in [0.05, 0.1) is 0 Å². The van der Waals surface area contributed by atoms with Crippen LogP contribution in [0.5, 0.6) is 0 Å². The summed E-state index contributed by atoms with van der Waals surface area (Å²) in [7, 11) is 0. The SMILES string of the molecule is Cc1ccc(C(=O)CCC(=O)Nc2n[nH]c(C(F)(F)F)n2)cc1C. The van der Waals surface area contributed by atoms with Crippen molar-refractivity contribution in [1.29, 1.82) is 0 Å². The van der Waals surface area contributed by atoms with Crippen LogP contribution in [-0.2, 0) is 11.0 Å². The fourth-order valence-electron chi connectivity index (χ4n) is 1.92. The summed E-state index contributed by atoms with van der Waals surface area (Å²) in [6.07, 6.45) is -4.91. The number of ketones is 1. The van der Waals surface area contributed by atoms with E-state index in [1.54, 1.807) is 17.2 Å². The van der Waals surface area contributed by atoms with Gasteiger partial charge in [-0.3, -0.25) is 20.0 Å². The van der Waals surface area contributed by atoms with Gasteiger partial charge in [-0.2, -0.15) is 18.2 Å². The van der Waals surface area contributed by atoms with Crippen LogP contribution in [0.25, 0.3) is 0 Å². The summed E-state index contributed by atoms with van der Waals surface area (Å²) in [5.41, 5.74) is 2.50. The van der Waals surface area contributed by atoms with Gasteiger partial charge in [0.2, 0.25) is 17.7 Å². The Labute approximate surface area is 135 Å². The molecule has 0 aliphatic heterocycles. The summed E-state index contributed by atoms with van der Waals surface area (Å²) in [5, 5.41) is 7.06. The Morgan fingerprint density at radius 1 is 1.17 bits per heavy atom. The molecule has 1 heterocycles. The Bertz CT molecular complexity index is 768. The summed E-state index contributed by atoms with van der Waals surface area (Å²) in [5.74, 6) is -2.64. The number of rotatable bonds is 5. The summed E-state index contributed by atoms with van der Waals surface area (Å²) in [6.45, 7) is 3.80. The van der Waals surface area contributed by atoms with Crippen molar-refractivity contribution in [2.75, 3.05) is 5.32 Å². The molecular formula is C15H15F3N4O2. The van der Waals surface area contributed by atoms with E-state index >= 15 is 0 Å². The van der Waals surface area contributed by atoms with E-state index in [-0.39, 0.29) is 18.6 Å². The summed E-state index contributed by atoms with van der Waals surface area (Å²) in [6, 6.07) is 5.23. The number of aromatic nitrogens is 3. The molecule has 1 amide bonds. The predicted octanol–water partition coefficient (Wildman–Crippen LogP) is 3.04. The first kappa shape index (κ1) is 17.6. The number of alkyl halides is 3. The molecule has 1 aromatic carbocycles. The Morgan fingerprint density at radius 3 is 2.46 bits per heavy atom. The number of anilines is 1. The highest BCUT2D eigenvalue weighted by Gasteiger charge is 2.35. The number of carbonyl (C=O) groups excluding carboxylic acids is 2. The van der Waals surface area contributed by atoms with E-state index in [4.69, 9.17) is 0 Å². The van der Waals surface area contributed by atoms with Crippen LogP contribution in [0, 0.1) is 13.8 Å². The van der Waals surface area contributed by atoms with Crippen LogP contribution in [0.1, 0.15) is 40.2 Å². The highest BCUT2D eigenvalue weighted by Crippen LogP contribution is 2.26. The van der Waals surface area contributed by atoms with Gasteiger partial charge in [-0.1, -0.05) is 12.1 Å². The molecular weight excluding hydrogens is 325 g/mol. The number of hydrogen-bond donors (Lipinski definition) is 2. The minimum Gasteiger partial charge on any atom is -0.294 e. The lowest BCUT2D eigenvalue weighted by molar-refractivity contribution is -0.144. The minimum atomic E-state index is -4.67. The molecule has 0 bridgehead atoms. The smallest absolute Gasteiger partial charge is 0.294 e. The predicted molar refractivity (Wildman–Crippen MR) is 79.5 cm³/mol. The Kier molecular flexibility index (Phi) is 5.01. The van der Waals surface area contributed by atoms with Crippen LogP contribution < -0.4 is 5.32 Å². The molecule has 0 fully saturated rings. The molecule has 0 aliphatic rings. The van der Waals surface area contributed by atoms with Gasteiger partial charge in [0.15, 0.2) is 5.78 Å². The van der Waals surface area contributed by atoms with Gasteiger partial charge < -0.3 is 0 Å². The maximum absolute atomic E-state index is 12.4. The monoisotopic (exact) mass is 340 g/mol. The van der Waals surface area contributed by atoms with Gasteiger partial charge >= 0.3 is 6.18 Å². The maximum atomic E-state index is 12.4. The number of hydrogen-bond acceptors (Lipinski definition) is 4. The number of carbonyl (C=O) groups is 2. The zero-order chi connectivity index (χ0) is 17.9. The van der Waals surface area contributed by atoms with Crippen LogP contribution in [-0.4, -0.2) is 26.9 Å². The maximum Gasteiger partial charge on any atom is 0.451 e. The van der Waals surface area contributed by atoms with Crippen LogP contribution in [0.15, 0.2) is 18.2 Å². The van der Waals surface area contributed by atoms with Gasteiger partial charge in [0, 0.05) is 18.4 Å².